The van der Waals surface area contributed by atoms with Crippen LogP contribution in [-0.4, -0.2) is 27.1 Å². The number of carbonyl (C=O) groups excluding carboxylic acids is 1. The number of carboxylic acids is 1. The van der Waals surface area contributed by atoms with Gasteiger partial charge in [0.05, 0.1) is 12.4 Å². The van der Waals surface area contributed by atoms with Crippen LogP contribution >= 0.6 is 0 Å². The fraction of sp³-hybridized carbons (Fsp3) is 0.0909. The quantitative estimate of drug-likeness (QED) is 0.765. The highest BCUT2D eigenvalue weighted by Gasteiger charge is 2.16. The number of allylic oxidation sites excluding steroid dienone is 2. The van der Waals surface area contributed by atoms with Gasteiger partial charge in [0.1, 0.15) is 0 Å². The fourth-order valence-corrected chi connectivity index (χ4v) is 1.19. The van der Waals surface area contributed by atoms with Gasteiger partial charge in [0.25, 0.3) is 0 Å². The summed E-state index contributed by atoms with van der Waals surface area (Å²) in [4.78, 5) is 22.4. The average molecular weight is 218 g/mol. The topological polar surface area (TPSA) is 80.2 Å². The Morgan fingerprint density at radius 2 is 2.12 bits per heavy atom. The molecule has 0 atom stereocenters. The monoisotopic (exact) mass is 218 g/mol. The van der Waals surface area contributed by atoms with Crippen LogP contribution in [0.25, 0.3) is 5.57 Å². The molecule has 0 amide bonds. The van der Waals surface area contributed by atoms with Gasteiger partial charge in [-0.15, -0.1) is 0 Å². The maximum absolute atomic E-state index is 11.6. The van der Waals surface area contributed by atoms with E-state index in [4.69, 9.17) is 5.11 Å². The van der Waals surface area contributed by atoms with Gasteiger partial charge in [-0.2, -0.15) is 10.2 Å². The van der Waals surface area contributed by atoms with Gasteiger partial charge in [-0.1, -0.05) is 6.58 Å². The molecule has 1 rings (SSSR count). The molecule has 1 aromatic heterocycles. The van der Waals surface area contributed by atoms with Crippen molar-refractivity contribution in [3.05, 3.63) is 42.3 Å². The largest absolute Gasteiger partial charge is 0.478 e. The molecule has 1 heterocycles. The van der Waals surface area contributed by atoms with E-state index in [0.29, 0.717) is 5.56 Å². The van der Waals surface area contributed by atoms with E-state index in [1.54, 1.807) is 0 Å². The van der Waals surface area contributed by atoms with Crippen molar-refractivity contribution in [1.82, 2.24) is 10.2 Å². The van der Waals surface area contributed by atoms with Crippen LogP contribution in [0, 0.1) is 0 Å². The fourth-order valence-electron chi connectivity index (χ4n) is 1.19. The third-order valence-electron chi connectivity index (χ3n) is 2.00. The highest BCUT2D eigenvalue weighted by Crippen LogP contribution is 2.19. The Bertz CT molecular complexity index is 463. The Kier molecular flexibility index (Phi) is 3.66. The van der Waals surface area contributed by atoms with E-state index in [1.165, 1.54) is 25.4 Å². The smallest absolute Gasteiger partial charge is 0.332 e. The Hall–Kier alpha value is -2.30. The van der Waals surface area contributed by atoms with Gasteiger partial charge in [0, 0.05) is 16.7 Å². The summed E-state index contributed by atoms with van der Waals surface area (Å²) in [5, 5.41) is 16.0. The second-order valence-corrected chi connectivity index (χ2v) is 3.00. The molecule has 82 valence electrons. The molecular formula is C11H10N2O3. The first-order valence-corrected chi connectivity index (χ1v) is 4.46. The van der Waals surface area contributed by atoms with E-state index < -0.39 is 11.8 Å². The molecule has 0 aromatic carbocycles. The lowest BCUT2D eigenvalue weighted by Gasteiger charge is -2.05. The lowest BCUT2D eigenvalue weighted by Crippen LogP contribution is -2.07. The maximum Gasteiger partial charge on any atom is 0.332 e. The molecule has 5 heteroatoms. The summed E-state index contributed by atoms with van der Waals surface area (Å²) in [7, 11) is 0. The zero-order valence-corrected chi connectivity index (χ0v) is 8.67. The summed E-state index contributed by atoms with van der Waals surface area (Å²) in [6.07, 6.45) is 3.80. The molecule has 0 saturated heterocycles. The third-order valence-corrected chi connectivity index (χ3v) is 2.00. The number of rotatable bonds is 4. The van der Waals surface area contributed by atoms with Crippen LogP contribution in [0.1, 0.15) is 12.5 Å². The molecule has 0 fully saturated rings. The second kappa shape index (κ2) is 4.97. The molecule has 0 aliphatic carbocycles. The number of aliphatic carboxylic acids is 1. The SMILES string of the molecule is C=CC(=O)C(=C(C)C(=O)O)c1ccnnc1. The first-order valence-electron chi connectivity index (χ1n) is 4.46. The summed E-state index contributed by atoms with van der Waals surface area (Å²) in [6.45, 7) is 4.70. The summed E-state index contributed by atoms with van der Waals surface area (Å²) in [5.74, 6) is -1.60. The third kappa shape index (κ3) is 2.38. The minimum absolute atomic E-state index is 0.0436. The predicted molar refractivity (Wildman–Crippen MR) is 57.5 cm³/mol. The van der Waals surface area contributed by atoms with Crippen molar-refractivity contribution in [2.24, 2.45) is 0 Å². The Labute approximate surface area is 92.1 Å². The highest BCUT2D eigenvalue weighted by molar-refractivity contribution is 6.29. The predicted octanol–water partition coefficient (Wildman–Crippen LogP) is 1.09. The summed E-state index contributed by atoms with van der Waals surface area (Å²) in [5.41, 5.74) is 0.454. The standard InChI is InChI=1S/C11H10N2O3/c1-3-9(14)10(7(2)11(15)16)8-4-5-12-13-6-8/h3-6H,1H2,2H3,(H,15,16). The number of carbonyl (C=O) groups is 2. The molecule has 0 bridgehead atoms. The van der Waals surface area contributed by atoms with Crippen LogP contribution in [0.4, 0.5) is 0 Å². The van der Waals surface area contributed by atoms with E-state index in [9.17, 15) is 9.59 Å². The van der Waals surface area contributed by atoms with E-state index in [0.717, 1.165) is 6.08 Å². The lowest BCUT2D eigenvalue weighted by atomic mass is 9.98. The minimum Gasteiger partial charge on any atom is -0.478 e. The van der Waals surface area contributed by atoms with Gasteiger partial charge in [-0.3, -0.25) is 4.79 Å². The molecular weight excluding hydrogens is 208 g/mol. The molecule has 0 unspecified atom stereocenters. The normalized spacial score (nSPS) is 11.6. The van der Waals surface area contributed by atoms with Gasteiger partial charge in [0.15, 0.2) is 5.78 Å². The maximum atomic E-state index is 11.6. The second-order valence-electron chi connectivity index (χ2n) is 3.00. The van der Waals surface area contributed by atoms with E-state index in [-0.39, 0.29) is 11.1 Å². The van der Waals surface area contributed by atoms with Crippen molar-refractivity contribution >= 4 is 17.3 Å². The number of nitrogens with zero attached hydrogens (tertiary/aromatic N) is 2. The number of aromatic nitrogens is 2. The minimum atomic E-state index is -1.15. The molecule has 0 spiro atoms. The van der Waals surface area contributed by atoms with Crippen LogP contribution in [0.5, 0.6) is 0 Å². The average Bonchev–Trinajstić information content (AvgIpc) is 2.30. The summed E-state index contributed by atoms with van der Waals surface area (Å²) >= 11 is 0. The van der Waals surface area contributed by atoms with E-state index in [1.807, 2.05) is 0 Å². The van der Waals surface area contributed by atoms with Crippen molar-refractivity contribution in [2.45, 2.75) is 6.92 Å². The number of carboxylic acid groups (broad SMARTS) is 1. The van der Waals surface area contributed by atoms with Crippen molar-refractivity contribution in [3.63, 3.8) is 0 Å². The Balaban J connectivity index is 3.39. The van der Waals surface area contributed by atoms with E-state index >= 15 is 0 Å². The van der Waals surface area contributed by atoms with Crippen LogP contribution in [0.2, 0.25) is 0 Å². The number of hydrogen-bond acceptors (Lipinski definition) is 4. The van der Waals surface area contributed by atoms with Gasteiger partial charge < -0.3 is 5.11 Å². The van der Waals surface area contributed by atoms with Crippen molar-refractivity contribution < 1.29 is 14.7 Å². The number of ketones is 1. The molecule has 0 aliphatic heterocycles. The van der Waals surface area contributed by atoms with Gasteiger partial charge in [-0.05, 0) is 19.1 Å². The van der Waals surface area contributed by atoms with Gasteiger partial charge in [0.2, 0.25) is 0 Å². The molecule has 1 aromatic rings. The van der Waals surface area contributed by atoms with Crippen LogP contribution in [-0.2, 0) is 9.59 Å². The molecule has 5 nitrogen and oxygen atoms in total. The lowest BCUT2D eigenvalue weighted by molar-refractivity contribution is -0.132. The summed E-state index contributed by atoms with van der Waals surface area (Å²) in [6, 6.07) is 1.52. The zero-order chi connectivity index (χ0) is 12.1. The van der Waals surface area contributed by atoms with Gasteiger partial charge >= 0.3 is 5.97 Å². The molecule has 0 aliphatic rings. The Morgan fingerprint density at radius 3 is 2.56 bits per heavy atom. The molecule has 0 radical (unpaired) electrons. The summed E-state index contributed by atoms with van der Waals surface area (Å²) < 4.78 is 0. The first-order chi connectivity index (χ1) is 7.57. The van der Waals surface area contributed by atoms with Crippen molar-refractivity contribution in [3.8, 4) is 0 Å². The van der Waals surface area contributed by atoms with Crippen molar-refractivity contribution in [2.75, 3.05) is 0 Å². The van der Waals surface area contributed by atoms with E-state index in [2.05, 4.69) is 16.8 Å². The first kappa shape index (κ1) is 11.8. The molecule has 0 saturated carbocycles. The molecule has 16 heavy (non-hydrogen) atoms. The van der Waals surface area contributed by atoms with Crippen LogP contribution in [0.3, 0.4) is 0 Å². The number of hydrogen-bond donors (Lipinski definition) is 1. The molecule has 1 N–H and O–H groups in total. The van der Waals surface area contributed by atoms with Crippen LogP contribution < -0.4 is 0 Å². The van der Waals surface area contributed by atoms with Crippen LogP contribution in [0.15, 0.2) is 36.7 Å². The van der Waals surface area contributed by atoms with Crippen molar-refractivity contribution in [1.29, 1.82) is 0 Å². The zero-order valence-electron chi connectivity index (χ0n) is 8.67. The van der Waals surface area contributed by atoms with Gasteiger partial charge in [-0.25, -0.2) is 4.79 Å². The highest BCUT2D eigenvalue weighted by atomic mass is 16.4. The Morgan fingerprint density at radius 1 is 1.44 bits per heavy atom.